The zero-order chi connectivity index (χ0) is 13.3. The Bertz CT molecular complexity index is 548. The summed E-state index contributed by atoms with van der Waals surface area (Å²) in [6, 6.07) is 3.09. The lowest BCUT2D eigenvalue weighted by atomic mass is 10.2. The van der Waals surface area contributed by atoms with E-state index in [1.165, 1.54) is 13.1 Å². The molecule has 0 aliphatic heterocycles. The highest BCUT2D eigenvalue weighted by Crippen LogP contribution is 2.45. The molecule has 8 heteroatoms. The molecule has 3 N–H and O–H groups in total. The fraction of sp³-hybridized carbons (Fsp3) is 0.500. The van der Waals surface area contributed by atoms with E-state index in [9.17, 15) is 13.2 Å². The van der Waals surface area contributed by atoms with Crippen molar-refractivity contribution in [1.29, 1.82) is 0 Å². The molecule has 1 fully saturated rings. The maximum Gasteiger partial charge on any atom is 0.407 e. The van der Waals surface area contributed by atoms with E-state index in [-0.39, 0.29) is 16.2 Å². The number of alkyl carbamates (subject to hydrolysis) is 1. The third-order valence-corrected chi connectivity index (χ3v) is 5.24. The van der Waals surface area contributed by atoms with Gasteiger partial charge in [0.15, 0.2) is 0 Å². The van der Waals surface area contributed by atoms with Gasteiger partial charge >= 0.3 is 6.09 Å². The lowest BCUT2D eigenvalue weighted by molar-refractivity contribution is 0.0888. The Hall–Kier alpha value is -1.12. The summed E-state index contributed by atoms with van der Waals surface area (Å²) in [4.78, 5) is 12.0. The first-order valence-corrected chi connectivity index (χ1v) is 7.79. The van der Waals surface area contributed by atoms with Crippen LogP contribution < -0.4 is 10.5 Å². The van der Waals surface area contributed by atoms with Gasteiger partial charge in [-0.3, -0.25) is 0 Å². The molecular weight excluding hydrogens is 276 g/mol. The molecule has 0 saturated heterocycles. The minimum atomic E-state index is -3.69. The van der Waals surface area contributed by atoms with Crippen LogP contribution in [0, 0.1) is 5.92 Å². The smallest absolute Gasteiger partial charge is 0.407 e. The Morgan fingerprint density at radius 1 is 1.56 bits per heavy atom. The SMILES string of the molecule is CNC(=O)OC(c1ccc(S(N)(=O)=O)s1)C1CC1. The number of thiophene rings is 1. The number of hydrogen-bond donors (Lipinski definition) is 2. The molecule has 1 aliphatic rings. The number of amides is 1. The summed E-state index contributed by atoms with van der Waals surface area (Å²) < 4.78 is 27.7. The maximum atomic E-state index is 11.3. The maximum absolute atomic E-state index is 11.3. The summed E-state index contributed by atoms with van der Waals surface area (Å²) in [5.41, 5.74) is 0. The highest BCUT2D eigenvalue weighted by Gasteiger charge is 2.36. The van der Waals surface area contributed by atoms with Crippen molar-refractivity contribution in [3.8, 4) is 0 Å². The van der Waals surface area contributed by atoms with Crippen LogP contribution in [0.15, 0.2) is 16.3 Å². The van der Waals surface area contributed by atoms with Crippen LogP contribution in [0.25, 0.3) is 0 Å². The second kappa shape index (κ2) is 4.87. The fourth-order valence-corrected chi connectivity index (χ4v) is 3.47. The molecule has 1 heterocycles. The molecule has 1 amide bonds. The Morgan fingerprint density at radius 3 is 2.67 bits per heavy atom. The standard InChI is InChI=1S/C10H14N2O4S2/c1-12-10(13)16-9(6-2-3-6)7-4-5-8(17-7)18(11,14)15/h4-6,9H,2-3H2,1H3,(H,12,13)(H2,11,14,15). The topological polar surface area (TPSA) is 98.5 Å². The predicted molar refractivity (Wildman–Crippen MR) is 66.7 cm³/mol. The van der Waals surface area contributed by atoms with E-state index in [0.717, 1.165) is 24.2 Å². The molecular formula is C10H14N2O4S2. The highest BCUT2D eigenvalue weighted by atomic mass is 32.2. The van der Waals surface area contributed by atoms with Crippen LogP contribution in [-0.4, -0.2) is 21.6 Å². The number of rotatable bonds is 4. The molecule has 0 spiro atoms. The molecule has 100 valence electrons. The average molecular weight is 290 g/mol. The highest BCUT2D eigenvalue weighted by molar-refractivity contribution is 7.91. The molecule has 1 aromatic rings. The lowest BCUT2D eigenvalue weighted by Gasteiger charge is -2.15. The van der Waals surface area contributed by atoms with Crippen LogP contribution in [0.1, 0.15) is 23.8 Å². The van der Waals surface area contributed by atoms with E-state index in [1.54, 1.807) is 6.07 Å². The second-order valence-electron chi connectivity index (χ2n) is 4.12. The van der Waals surface area contributed by atoms with Gasteiger partial charge in [-0.05, 0) is 25.0 Å². The molecule has 2 rings (SSSR count). The molecule has 1 atom stereocenters. The molecule has 1 aromatic heterocycles. The summed E-state index contributed by atoms with van der Waals surface area (Å²) in [5.74, 6) is 0.272. The molecule has 0 bridgehead atoms. The Balaban J connectivity index is 2.21. The van der Waals surface area contributed by atoms with Crippen molar-refractivity contribution in [3.05, 3.63) is 17.0 Å². The number of sulfonamides is 1. The van der Waals surface area contributed by atoms with E-state index in [2.05, 4.69) is 5.32 Å². The van der Waals surface area contributed by atoms with Crippen molar-refractivity contribution < 1.29 is 17.9 Å². The Morgan fingerprint density at radius 2 is 2.22 bits per heavy atom. The van der Waals surface area contributed by atoms with E-state index in [4.69, 9.17) is 9.88 Å². The first-order valence-electron chi connectivity index (χ1n) is 5.42. The third-order valence-electron chi connectivity index (χ3n) is 2.65. The number of ether oxygens (including phenoxy) is 1. The molecule has 1 unspecified atom stereocenters. The predicted octanol–water partition coefficient (Wildman–Crippen LogP) is 1.20. The number of carbonyl (C=O) groups excluding carboxylic acids is 1. The molecule has 6 nitrogen and oxygen atoms in total. The van der Waals surface area contributed by atoms with Crippen LogP contribution in [0.4, 0.5) is 4.79 Å². The van der Waals surface area contributed by atoms with Crippen molar-refractivity contribution >= 4 is 27.5 Å². The Kier molecular flexibility index (Phi) is 3.60. The molecule has 1 aliphatic carbocycles. The molecule has 0 radical (unpaired) electrons. The van der Waals surface area contributed by atoms with Crippen molar-refractivity contribution in [3.63, 3.8) is 0 Å². The van der Waals surface area contributed by atoms with E-state index >= 15 is 0 Å². The summed E-state index contributed by atoms with van der Waals surface area (Å²) in [6.07, 6.45) is 1.05. The van der Waals surface area contributed by atoms with Crippen LogP contribution in [-0.2, 0) is 14.8 Å². The number of carbonyl (C=O) groups is 1. The minimum Gasteiger partial charge on any atom is -0.440 e. The molecule has 1 saturated carbocycles. The van der Waals surface area contributed by atoms with E-state index in [0.29, 0.717) is 4.88 Å². The number of nitrogens with one attached hydrogen (secondary N) is 1. The van der Waals surface area contributed by atoms with Crippen molar-refractivity contribution in [1.82, 2.24) is 5.32 Å². The normalized spacial score (nSPS) is 17.2. The van der Waals surface area contributed by atoms with Gasteiger partial charge in [-0.1, -0.05) is 0 Å². The number of nitrogens with two attached hydrogens (primary N) is 1. The second-order valence-corrected chi connectivity index (χ2v) is 7.02. The first-order chi connectivity index (χ1) is 8.41. The molecule has 18 heavy (non-hydrogen) atoms. The van der Waals surface area contributed by atoms with Gasteiger partial charge in [-0.2, -0.15) is 0 Å². The first kappa shape index (κ1) is 13.3. The summed E-state index contributed by atoms with van der Waals surface area (Å²) >= 11 is 1.05. The van der Waals surface area contributed by atoms with Gasteiger partial charge in [0.25, 0.3) is 0 Å². The van der Waals surface area contributed by atoms with Crippen molar-refractivity contribution in [2.45, 2.75) is 23.2 Å². The van der Waals surface area contributed by atoms with Gasteiger partial charge in [0.1, 0.15) is 10.3 Å². The monoisotopic (exact) mass is 290 g/mol. The van der Waals surface area contributed by atoms with Gasteiger partial charge in [-0.15, -0.1) is 11.3 Å². The van der Waals surface area contributed by atoms with Gasteiger partial charge in [0.2, 0.25) is 10.0 Å². The van der Waals surface area contributed by atoms with Crippen molar-refractivity contribution in [2.24, 2.45) is 11.1 Å². The minimum absolute atomic E-state index is 0.0867. The quantitative estimate of drug-likeness (QED) is 0.870. The van der Waals surface area contributed by atoms with Gasteiger partial charge < -0.3 is 10.1 Å². The largest absolute Gasteiger partial charge is 0.440 e. The summed E-state index contributed by atoms with van der Waals surface area (Å²) in [7, 11) is -2.21. The fourth-order valence-electron chi connectivity index (χ4n) is 1.60. The lowest BCUT2D eigenvalue weighted by Crippen LogP contribution is -2.22. The van der Waals surface area contributed by atoms with Crippen LogP contribution in [0.3, 0.4) is 0 Å². The number of hydrogen-bond acceptors (Lipinski definition) is 5. The third kappa shape index (κ3) is 3.01. The summed E-state index contributed by atoms with van der Waals surface area (Å²) in [5, 5.41) is 7.44. The van der Waals surface area contributed by atoms with Gasteiger partial charge in [0, 0.05) is 17.8 Å². The molecule has 0 aromatic carbocycles. The van der Waals surface area contributed by atoms with Gasteiger partial charge in [0.05, 0.1) is 0 Å². The van der Waals surface area contributed by atoms with Gasteiger partial charge in [-0.25, -0.2) is 18.4 Å². The zero-order valence-corrected chi connectivity index (χ0v) is 11.4. The van der Waals surface area contributed by atoms with Crippen LogP contribution >= 0.6 is 11.3 Å². The van der Waals surface area contributed by atoms with E-state index < -0.39 is 16.1 Å². The van der Waals surface area contributed by atoms with Crippen LogP contribution in [0.2, 0.25) is 0 Å². The van der Waals surface area contributed by atoms with E-state index in [1.807, 2.05) is 0 Å². The number of primary sulfonamides is 1. The Labute approximate surface area is 109 Å². The van der Waals surface area contributed by atoms with Crippen molar-refractivity contribution in [2.75, 3.05) is 7.05 Å². The van der Waals surface area contributed by atoms with Crippen LogP contribution in [0.5, 0.6) is 0 Å². The zero-order valence-electron chi connectivity index (χ0n) is 9.75. The summed E-state index contributed by atoms with van der Waals surface area (Å²) in [6.45, 7) is 0. The average Bonchev–Trinajstić information content (AvgIpc) is 3.00.